The minimum Gasteiger partial charge on any atom is -0.496 e. The van der Waals surface area contributed by atoms with Gasteiger partial charge in [-0.3, -0.25) is 9.58 Å². The molecule has 1 aromatic heterocycles. The van der Waals surface area contributed by atoms with E-state index < -0.39 is 0 Å². The largest absolute Gasteiger partial charge is 0.496 e. The smallest absolute Gasteiger partial charge is 0.123 e. The number of nitrogens with zero attached hydrogens (tertiary/aromatic N) is 3. The Hall–Kier alpha value is -1.56. The molecule has 0 amide bonds. The number of rotatable bonds is 7. The zero-order valence-electron chi connectivity index (χ0n) is 15.9. The van der Waals surface area contributed by atoms with E-state index in [1.165, 1.54) is 5.56 Å². The number of aryl methyl sites for hydroxylation is 2. The number of halogens is 1. The number of morpholine rings is 1. The second kappa shape index (κ2) is 8.89. The van der Waals surface area contributed by atoms with Crippen LogP contribution in [0.15, 0.2) is 18.2 Å². The molecule has 0 aliphatic carbocycles. The Morgan fingerprint density at radius 2 is 2.00 bits per heavy atom. The van der Waals surface area contributed by atoms with E-state index in [4.69, 9.17) is 21.1 Å². The normalized spacial score (nSPS) is 15.4. The van der Waals surface area contributed by atoms with Crippen molar-refractivity contribution >= 4 is 11.6 Å². The van der Waals surface area contributed by atoms with Crippen molar-refractivity contribution in [1.82, 2.24) is 14.7 Å². The summed E-state index contributed by atoms with van der Waals surface area (Å²) in [6.45, 7) is 9.54. The molecule has 0 spiro atoms. The standard InChI is InChI=1S/C20H28ClN3O2/c1-15-20(21)16(2)24(22-15)14-18-13-17(6-7-19(18)25-3)5-4-8-23-9-11-26-12-10-23/h6-7,13H,4-5,8-12,14H2,1-3H3. The molecular formula is C20H28ClN3O2. The molecule has 2 aromatic rings. The van der Waals surface area contributed by atoms with Crippen molar-refractivity contribution in [2.24, 2.45) is 0 Å². The van der Waals surface area contributed by atoms with Gasteiger partial charge in [0.25, 0.3) is 0 Å². The highest BCUT2D eigenvalue weighted by molar-refractivity contribution is 6.31. The van der Waals surface area contributed by atoms with E-state index in [-0.39, 0.29) is 0 Å². The lowest BCUT2D eigenvalue weighted by molar-refractivity contribution is 0.0374. The fourth-order valence-corrected chi connectivity index (χ4v) is 3.57. The highest BCUT2D eigenvalue weighted by Gasteiger charge is 2.13. The number of hydrogen-bond acceptors (Lipinski definition) is 4. The van der Waals surface area contributed by atoms with Crippen molar-refractivity contribution in [1.29, 1.82) is 0 Å². The molecule has 0 atom stereocenters. The van der Waals surface area contributed by atoms with Gasteiger partial charge in [-0.25, -0.2) is 0 Å². The van der Waals surface area contributed by atoms with Crippen LogP contribution in [0.25, 0.3) is 0 Å². The van der Waals surface area contributed by atoms with E-state index in [2.05, 4.69) is 28.2 Å². The van der Waals surface area contributed by atoms with Gasteiger partial charge in [-0.1, -0.05) is 23.7 Å². The Labute approximate surface area is 160 Å². The van der Waals surface area contributed by atoms with Gasteiger partial charge in [0.2, 0.25) is 0 Å². The van der Waals surface area contributed by atoms with Gasteiger partial charge in [-0.05, 0) is 44.9 Å². The summed E-state index contributed by atoms with van der Waals surface area (Å²) in [6, 6.07) is 6.46. The van der Waals surface area contributed by atoms with Crippen LogP contribution in [0.3, 0.4) is 0 Å². The molecule has 1 fully saturated rings. The fraction of sp³-hybridized carbons (Fsp3) is 0.550. The van der Waals surface area contributed by atoms with Gasteiger partial charge in [-0.15, -0.1) is 0 Å². The van der Waals surface area contributed by atoms with Crippen LogP contribution in [0.5, 0.6) is 5.75 Å². The number of hydrogen-bond donors (Lipinski definition) is 0. The minimum absolute atomic E-state index is 0.667. The molecular weight excluding hydrogens is 350 g/mol. The SMILES string of the molecule is COc1ccc(CCCN2CCOCC2)cc1Cn1nc(C)c(Cl)c1C. The predicted molar refractivity (Wildman–Crippen MR) is 104 cm³/mol. The van der Waals surface area contributed by atoms with Gasteiger partial charge in [0.1, 0.15) is 5.75 Å². The van der Waals surface area contributed by atoms with Gasteiger partial charge in [0.05, 0.1) is 43.3 Å². The Kier molecular flexibility index (Phi) is 6.57. The van der Waals surface area contributed by atoms with Gasteiger partial charge in [0, 0.05) is 18.7 Å². The molecule has 26 heavy (non-hydrogen) atoms. The first kappa shape index (κ1) is 19.2. The fourth-order valence-electron chi connectivity index (χ4n) is 3.43. The molecule has 1 aliphatic rings. The van der Waals surface area contributed by atoms with Crippen molar-refractivity contribution in [3.63, 3.8) is 0 Å². The molecule has 0 N–H and O–H groups in total. The van der Waals surface area contributed by atoms with Crippen molar-refractivity contribution in [2.75, 3.05) is 40.0 Å². The Bertz CT molecular complexity index is 739. The average molecular weight is 378 g/mol. The Balaban J connectivity index is 1.66. The van der Waals surface area contributed by atoms with Gasteiger partial charge < -0.3 is 9.47 Å². The van der Waals surface area contributed by atoms with Gasteiger partial charge in [-0.2, -0.15) is 5.10 Å². The lowest BCUT2D eigenvalue weighted by Gasteiger charge is -2.26. The second-order valence-electron chi connectivity index (χ2n) is 6.85. The Morgan fingerprint density at radius 1 is 1.23 bits per heavy atom. The maximum absolute atomic E-state index is 6.28. The lowest BCUT2D eigenvalue weighted by atomic mass is 10.0. The molecule has 0 bridgehead atoms. The Morgan fingerprint density at radius 3 is 2.65 bits per heavy atom. The van der Waals surface area contributed by atoms with E-state index in [1.807, 2.05) is 18.5 Å². The summed E-state index contributed by atoms with van der Waals surface area (Å²) in [6.07, 6.45) is 2.21. The minimum atomic E-state index is 0.667. The van der Waals surface area contributed by atoms with E-state index in [0.29, 0.717) is 6.54 Å². The third-order valence-electron chi connectivity index (χ3n) is 5.00. The van der Waals surface area contributed by atoms with E-state index in [1.54, 1.807) is 7.11 Å². The van der Waals surface area contributed by atoms with Crippen LogP contribution < -0.4 is 4.74 Å². The monoisotopic (exact) mass is 377 g/mol. The molecule has 1 aliphatic heterocycles. The van der Waals surface area contributed by atoms with E-state index in [9.17, 15) is 0 Å². The first-order chi connectivity index (χ1) is 12.6. The molecule has 0 radical (unpaired) electrons. The molecule has 1 aromatic carbocycles. The molecule has 0 unspecified atom stereocenters. The van der Waals surface area contributed by atoms with E-state index in [0.717, 1.165) is 73.4 Å². The van der Waals surface area contributed by atoms with E-state index >= 15 is 0 Å². The summed E-state index contributed by atoms with van der Waals surface area (Å²) in [5, 5.41) is 5.29. The molecule has 6 heteroatoms. The number of ether oxygens (including phenoxy) is 2. The van der Waals surface area contributed by atoms with Gasteiger partial charge in [0.15, 0.2) is 0 Å². The van der Waals surface area contributed by atoms with Crippen LogP contribution in [0.2, 0.25) is 5.02 Å². The highest BCUT2D eigenvalue weighted by Crippen LogP contribution is 2.25. The van der Waals surface area contributed by atoms with Crippen LogP contribution in [0.4, 0.5) is 0 Å². The molecule has 2 heterocycles. The molecule has 142 valence electrons. The summed E-state index contributed by atoms with van der Waals surface area (Å²) < 4.78 is 12.9. The zero-order chi connectivity index (χ0) is 18.5. The third kappa shape index (κ3) is 4.58. The maximum Gasteiger partial charge on any atom is 0.123 e. The van der Waals surface area contributed by atoms with Crippen LogP contribution in [-0.2, 0) is 17.7 Å². The van der Waals surface area contributed by atoms with Crippen LogP contribution in [-0.4, -0.2) is 54.6 Å². The van der Waals surface area contributed by atoms with Crippen LogP contribution >= 0.6 is 11.6 Å². The van der Waals surface area contributed by atoms with Crippen LogP contribution in [0.1, 0.15) is 28.9 Å². The summed E-state index contributed by atoms with van der Waals surface area (Å²) in [5.74, 6) is 0.894. The third-order valence-corrected chi connectivity index (χ3v) is 5.55. The topological polar surface area (TPSA) is 39.5 Å². The second-order valence-corrected chi connectivity index (χ2v) is 7.22. The van der Waals surface area contributed by atoms with Gasteiger partial charge >= 0.3 is 0 Å². The van der Waals surface area contributed by atoms with Crippen LogP contribution in [0, 0.1) is 13.8 Å². The quantitative estimate of drug-likeness (QED) is 0.740. The van der Waals surface area contributed by atoms with Crippen molar-refractivity contribution in [2.45, 2.75) is 33.2 Å². The highest BCUT2D eigenvalue weighted by atomic mass is 35.5. The average Bonchev–Trinajstić information content (AvgIpc) is 2.90. The summed E-state index contributed by atoms with van der Waals surface area (Å²) in [4.78, 5) is 2.48. The summed E-state index contributed by atoms with van der Waals surface area (Å²) in [7, 11) is 1.71. The van der Waals surface area contributed by atoms with Crippen molar-refractivity contribution in [3.05, 3.63) is 45.7 Å². The van der Waals surface area contributed by atoms with Crippen molar-refractivity contribution < 1.29 is 9.47 Å². The molecule has 3 rings (SSSR count). The van der Waals surface area contributed by atoms with Crippen molar-refractivity contribution in [3.8, 4) is 5.75 Å². The molecule has 5 nitrogen and oxygen atoms in total. The first-order valence-electron chi connectivity index (χ1n) is 9.24. The summed E-state index contributed by atoms with van der Waals surface area (Å²) in [5.41, 5.74) is 4.33. The number of aromatic nitrogens is 2. The first-order valence-corrected chi connectivity index (χ1v) is 9.61. The molecule has 1 saturated heterocycles. The maximum atomic E-state index is 6.28. The number of methoxy groups -OCH3 is 1. The molecule has 0 saturated carbocycles. The predicted octanol–water partition coefficient (Wildman–Crippen LogP) is 3.48. The summed E-state index contributed by atoms with van der Waals surface area (Å²) >= 11 is 6.28. The number of benzene rings is 1. The zero-order valence-corrected chi connectivity index (χ0v) is 16.7. The lowest BCUT2D eigenvalue weighted by Crippen LogP contribution is -2.36.